The van der Waals surface area contributed by atoms with Gasteiger partial charge in [-0.2, -0.15) is 0 Å². The van der Waals surface area contributed by atoms with Crippen LogP contribution in [0, 0.1) is 0 Å². The molecule has 0 spiro atoms. The summed E-state index contributed by atoms with van der Waals surface area (Å²) in [6, 6.07) is 116. The van der Waals surface area contributed by atoms with E-state index in [1.54, 1.807) is 0 Å². The van der Waals surface area contributed by atoms with Gasteiger partial charge in [0, 0.05) is 23.0 Å². The molecule has 0 N–H and O–H groups in total. The Morgan fingerprint density at radius 2 is 0.474 bits per heavy atom. The molecule has 0 amide bonds. The summed E-state index contributed by atoms with van der Waals surface area (Å²) >= 11 is 0. The van der Waals surface area contributed by atoms with Gasteiger partial charge in [-0.3, -0.25) is 0 Å². The van der Waals surface area contributed by atoms with Crippen molar-refractivity contribution in [3.05, 3.63) is 332 Å². The van der Waals surface area contributed by atoms with Gasteiger partial charge in [0.15, 0.2) is 0 Å². The quantitative estimate of drug-likeness (QED) is 0.0922. The first-order valence-electron chi connectivity index (χ1n) is 27.0. The van der Waals surface area contributed by atoms with Crippen molar-refractivity contribution in [2.75, 3.05) is 4.90 Å². The van der Waals surface area contributed by atoms with E-state index < -0.39 is 0 Å². The minimum absolute atomic E-state index is 0.0857. The molecule has 0 aliphatic rings. The van der Waals surface area contributed by atoms with Gasteiger partial charge in [0.05, 0.1) is 0 Å². The molecule has 0 fully saturated rings. The van der Waals surface area contributed by atoms with Crippen LogP contribution in [0.3, 0.4) is 0 Å². The van der Waals surface area contributed by atoms with Gasteiger partial charge in [0.25, 0.3) is 0 Å². The topological polar surface area (TPSA) is 3.24 Å². The number of anilines is 3. The average Bonchev–Trinajstić information content (AvgIpc) is 3.64. The summed E-state index contributed by atoms with van der Waals surface area (Å²) in [6.07, 6.45) is 0. The van der Waals surface area contributed by atoms with Crippen LogP contribution in [0.4, 0.5) is 17.1 Å². The number of hydrogen-bond donors (Lipinski definition) is 0. The summed E-state index contributed by atoms with van der Waals surface area (Å²) < 4.78 is 0. The number of hydrogen-bond acceptors (Lipinski definition) is 1. The zero-order chi connectivity index (χ0) is 51.8. The van der Waals surface area contributed by atoms with Crippen molar-refractivity contribution in [3.8, 4) is 55.6 Å². The van der Waals surface area contributed by atoms with Gasteiger partial charge in [-0.25, -0.2) is 0 Å². The van der Waals surface area contributed by atoms with Crippen molar-refractivity contribution in [2.24, 2.45) is 0 Å². The fourth-order valence-corrected chi connectivity index (χ4v) is 12.4. The highest BCUT2D eigenvalue weighted by Gasteiger charge is 2.25. The summed E-state index contributed by atoms with van der Waals surface area (Å²) in [5.74, 6) is 0.0857. The molecule has 0 aliphatic heterocycles. The molecule has 366 valence electrons. The normalized spacial score (nSPS) is 11.4. The summed E-state index contributed by atoms with van der Waals surface area (Å²) in [5.41, 5.74) is 19.1. The molecule has 78 heavy (non-hydrogen) atoms. The lowest BCUT2D eigenvalue weighted by Gasteiger charge is -2.26. The second-order valence-electron chi connectivity index (χ2n) is 20.2. The lowest BCUT2D eigenvalue weighted by molar-refractivity contribution is 0.978. The number of rotatable bonds is 11. The first-order chi connectivity index (χ1) is 38.8. The summed E-state index contributed by atoms with van der Waals surface area (Å²) in [5, 5.41) is 9.78. The molecule has 0 aromatic heterocycles. The Balaban J connectivity index is 1.06. The third kappa shape index (κ3) is 8.21. The highest BCUT2D eigenvalue weighted by atomic mass is 15.1. The molecule has 0 heterocycles. The van der Waals surface area contributed by atoms with Crippen LogP contribution in [0.15, 0.2) is 315 Å². The third-order valence-corrected chi connectivity index (χ3v) is 15.8. The van der Waals surface area contributed by atoms with Gasteiger partial charge in [-0.05, 0) is 152 Å². The summed E-state index contributed by atoms with van der Waals surface area (Å²) in [4.78, 5) is 2.34. The molecule has 0 bridgehead atoms. The number of benzene rings is 14. The molecular weight excluding hydrogens is 939 g/mol. The molecule has 1 nitrogen and oxygen atoms in total. The molecule has 0 atom stereocenters. The lowest BCUT2D eigenvalue weighted by atomic mass is 9.79. The third-order valence-electron chi connectivity index (χ3n) is 15.8. The molecule has 14 aromatic carbocycles. The summed E-state index contributed by atoms with van der Waals surface area (Å²) in [6.45, 7) is 0. The van der Waals surface area contributed by atoms with Crippen LogP contribution in [0.25, 0.3) is 98.7 Å². The minimum Gasteiger partial charge on any atom is -0.311 e. The Morgan fingerprint density at radius 3 is 0.872 bits per heavy atom. The molecule has 14 aromatic rings. The summed E-state index contributed by atoms with van der Waals surface area (Å²) in [7, 11) is 0. The van der Waals surface area contributed by atoms with Gasteiger partial charge in [0.1, 0.15) is 0 Å². The van der Waals surface area contributed by atoms with E-state index >= 15 is 0 Å². The van der Waals surface area contributed by atoms with E-state index in [0.29, 0.717) is 0 Å². The first kappa shape index (κ1) is 46.5. The molecule has 0 radical (unpaired) electrons. The fourth-order valence-electron chi connectivity index (χ4n) is 12.4. The lowest BCUT2D eigenvalue weighted by Crippen LogP contribution is -2.09. The maximum Gasteiger partial charge on any atom is 0.0462 e. The fraction of sp³-hybridized carbons (Fsp3) is 0.0130. The average molecular weight is 992 g/mol. The second kappa shape index (κ2) is 20.2. The zero-order valence-electron chi connectivity index (χ0n) is 43.0. The van der Waals surface area contributed by atoms with E-state index in [0.717, 1.165) is 22.6 Å². The predicted octanol–water partition coefficient (Wildman–Crippen LogP) is 21.3. The molecule has 0 saturated heterocycles. The van der Waals surface area contributed by atoms with Crippen molar-refractivity contribution in [2.45, 2.75) is 5.92 Å². The van der Waals surface area contributed by atoms with Crippen molar-refractivity contribution >= 4 is 60.2 Å². The van der Waals surface area contributed by atoms with Gasteiger partial charge in [-0.15, -0.1) is 0 Å². The van der Waals surface area contributed by atoms with Crippen LogP contribution in [-0.2, 0) is 0 Å². The Labute approximate surface area is 456 Å². The largest absolute Gasteiger partial charge is 0.311 e. The van der Waals surface area contributed by atoms with E-state index in [9.17, 15) is 0 Å². The van der Waals surface area contributed by atoms with Crippen LogP contribution in [0.1, 0.15) is 22.6 Å². The highest BCUT2D eigenvalue weighted by molar-refractivity contribution is 6.29. The van der Waals surface area contributed by atoms with Gasteiger partial charge >= 0.3 is 0 Å². The maximum atomic E-state index is 2.38. The Kier molecular flexibility index (Phi) is 12.0. The first-order valence-corrected chi connectivity index (χ1v) is 27.0. The number of fused-ring (bicyclic) bond motifs is 4. The highest BCUT2D eigenvalue weighted by Crippen LogP contribution is 2.52. The Bertz CT molecular complexity index is 4050. The van der Waals surface area contributed by atoms with Crippen LogP contribution in [0.5, 0.6) is 0 Å². The van der Waals surface area contributed by atoms with Crippen molar-refractivity contribution in [1.82, 2.24) is 0 Å². The smallest absolute Gasteiger partial charge is 0.0462 e. The van der Waals surface area contributed by atoms with Crippen molar-refractivity contribution in [3.63, 3.8) is 0 Å². The molecule has 0 aliphatic carbocycles. The van der Waals surface area contributed by atoms with Crippen molar-refractivity contribution in [1.29, 1.82) is 0 Å². The Morgan fingerprint density at radius 1 is 0.192 bits per heavy atom. The van der Waals surface area contributed by atoms with Gasteiger partial charge < -0.3 is 4.90 Å². The molecule has 14 rings (SSSR count). The van der Waals surface area contributed by atoms with Crippen molar-refractivity contribution < 1.29 is 0 Å². The van der Waals surface area contributed by atoms with E-state index in [-0.39, 0.29) is 5.92 Å². The van der Waals surface area contributed by atoms with Crippen LogP contribution < -0.4 is 4.90 Å². The van der Waals surface area contributed by atoms with Crippen LogP contribution >= 0.6 is 0 Å². The van der Waals surface area contributed by atoms with E-state index in [2.05, 4.69) is 320 Å². The minimum atomic E-state index is 0.0857. The monoisotopic (exact) mass is 991 g/mol. The van der Waals surface area contributed by atoms with E-state index in [4.69, 9.17) is 0 Å². The molecule has 0 unspecified atom stereocenters. The van der Waals surface area contributed by atoms with Crippen LogP contribution in [-0.4, -0.2) is 0 Å². The number of para-hydroxylation sites is 2. The SMILES string of the molecule is c1ccc(-c2c3ccccc3c(-c3ccc(C(c4ccccc4)c4ccccc4)cc3)c3c(-c4cccc5c(-c6ccccc6)c6ccccc6c(-c6ccc(N(c7ccccc7)c7ccccc7)cc6)c45)cccc23)cc1. The molecular formula is C77H53N. The number of nitrogens with zero attached hydrogens (tertiary/aromatic N) is 1. The van der Waals surface area contributed by atoms with E-state index in [1.807, 2.05) is 0 Å². The van der Waals surface area contributed by atoms with Gasteiger partial charge in [0.2, 0.25) is 0 Å². The van der Waals surface area contributed by atoms with Gasteiger partial charge in [-0.1, -0.05) is 279 Å². The molecule has 0 saturated carbocycles. The van der Waals surface area contributed by atoms with E-state index in [1.165, 1.54) is 110 Å². The Hall–Kier alpha value is -10.1. The zero-order valence-corrected chi connectivity index (χ0v) is 43.0. The maximum absolute atomic E-state index is 2.38. The predicted molar refractivity (Wildman–Crippen MR) is 332 cm³/mol. The second-order valence-corrected chi connectivity index (χ2v) is 20.2. The van der Waals surface area contributed by atoms with Crippen LogP contribution in [0.2, 0.25) is 0 Å². The molecule has 1 heteroatoms. The standard InChI is InChI=1S/C77H53N/c1-7-25-53(26-8-1)71(54-27-9-2-10-28-54)57-45-47-58(48-46-57)74-65-39-21-19-37-63(65)72(55-29-11-3-12-30-55)69-43-23-41-67(76(69)74)68-42-24-44-70-73(56-31-13-4-14-32-56)64-38-20-22-40-66(64)75(77(68)70)59-49-51-62(52-50-59)78(60-33-15-5-16-34-60)61-35-17-6-18-36-61/h1-52,71H.